The SMILES string of the molecule is COc1ccc2c(c1)CN(c1nn(C(=N)C3CC3)c(=N)c3ccccc13)CC2. The van der Waals surface area contributed by atoms with E-state index in [1.807, 2.05) is 30.3 Å². The molecule has 2 N–H and O–H groups in total. The number of ether oxygens (including phenoxy) is 1. The highest BCUT2D eigenvalue weighted by atomic mass is 16.5. The lowest BCUT2D eigenvalue weighted by Crippen LogP contribution is -2.36. The number of hydrogen-bond donors (Lipinski definition) is 2. The summed E-state index contributed by atoms with van der Waals surface area (Å²) >= 11 is 0. The van der Waals surface area contributed by atoms with Gasteiger partial charge in [-0.15, -0.1) is 5.10 Å². The Morgan fingerprint density at radius 1 is 1.11 bits per heavy atom. The second kappa shape index (κ2) is 6.48. The predicted molar refractivity (Wildman–Crippen MR) is 109 cm³/mol. The van der Waals surface area contributed by atoms with E-state index in [2.05, 4.69) is 17.0 Å². The minimum atomic E-state index is 0.238. The average Bonchev–Trinajstić information content (AvgIpc) is 3.58. The minimum absolute atomic E-state index is 0.238. The van der Waals surface area contributed by atoms with Gasteiger partial charge in [0.25, 0.3) is 0 Å². The number of benzene rings is 2. The molecule has 2 heterocycles. The number of hydrogen-bond acceptors (Lipinski definition) is 5. The average molecular weight is 373 g/mol. The van der Waals surface area contributed by atoms with Crippen LogP contribution in [0.15, 0.2) is 42.5 Å². The smallest absolute Gasteiger partial charge is 0.157 e. The van der Waals surface area contributed by atoms with Crippen molar-refractivity contribution in [2.75, 3.05) is 18.6 Å². The van der Waals surface area contributed by atoms with Crippen LogP contribution < -0.4 is 15.1 Å². The zero-order valence-electron chi connectivity index (χ0n) is 15.9. The fraction of sp³-hybridized carbons (Fsp3) is 0.318. The largest absolute Gasteiger partial charge is 0.497 e. The number of aromatic nitrogens is 2. The summed E-state index contributed by atoms with van der Waals surface area (Å²) in [5.41, 5.74) is 2.89. The molecular formula is C22H23N5O. The Hall–Kier alpha value is -3.15. The Labute approximate surface area is 163 Å². The molecule has 5 rings (SSSR count). The normalized spacial score (nSPS) is 16.1. The van der Waals surface area contributed by atoms with E-state index < -0.39 is 0 Å². The number of methoxy groups -OCH3 is 1. The van der Waals surface area contributed by atoms with Crippen molar-refractivity contribution in [2.24, 2.45) is 5.92 Å². The maximum absolute atomic E-state index is 8.60. The third kappa shape index (κ3) is 2.76. The van der Waals surface area contributed by atoms with Gasteiger partial charge in [-0.2, -0.15) is 4.68 Å². The van der Waals surface area contributed by atoms with Gasteiger partial charge in [0.2, 0.25) is 0 Å². The zero-order chi connectivity index (χ0) is 19.3. The fourth-order valence-electron chi connectivity index (χ4n) is 3.98. The van der Waals surface area contributed by atoms with E-state index in [4.69, 9.17) is 20.7 Å². The van der Waals surface area contributed by atoms with Gasteiger partial charge in [-0.25, -0.2) is 0 Å². The van der Waals surface area contributed by atoms with Crippen LogP contribution in [0.1, 0.15) is 24.0 Å². The summed E-state index contributed by atoms with van der Waals surface area (Å²) in [4.78, 5) is 2.26. The molecule has 28 heavy (non-hydrogen) atoms. The Morgan fingerprint density at radius 3 is 2.64 bits per heavy atom. The summed E-state index contributed by atoms with van der Waals surface area (Å²) in [6.07, 6.45) is 2.98. The lowest BCUT2D eigenvalue weighted by atomic mass is 9.99. The molecule has 0 spiro atoms. The van der Waals surface area contributed by atoms with E-state index in [1.54, 1.807) is 7.11 Å². The quantitative estimate of drug-likeness (QED) is 0.546. The molecule has 0 atom stereocenters. The Balaban J connectivity index is 1.63. The molecule has 0 unspecified atom stereocenters. The van der Waals surface area contributed by atoms with Crippen LogP contribution >= 0.6 is 0 Å². The van der Waals surface area contributed by atoms with E-state index in [9.17, 15) is 0 Å². The molecule has 3 aromatic rings. The summed E-state index contributed by atoms with van der Waals surface area (Å²) in [6.45, 7) is 1.61. The second-order valence-electron chi connectivity index (χ2n) is 7.60. The van der Waals surface area contributed by atoms with Crippen LogP contribution in [0.2, 0.25) is 0 Å². The van der Waals surface area contributed by atoms with E-state index in [1.165, 1.54) is 15.8 Å². The first-order valence-electron chi connectivity index (χ1n) is 9.72. The molecule has 0 amide bonds. The third-order valence-electron chi connectivity index (χ3n) is 5.75. The van der Waals surface area contributed by atoms with E-state index >= 15 is 0 Å². The van der Waals surface area contributed by atoms with Crippen molar-refractivity contribution in [2.45, 2.75) is 25.8 Å². The highest BCUT2D eigenvalue weighted by Crippen LogP contribution is 2.32. The molecule has 0 bridgehead atoms. The van der Waals surface area contributed by atoms with Gasteiger partial charge in [-0.05, 0) is 42.5 Å². The predicted octanol–water partition coefficient (Wildman–Crippen LogP) is 3.32. The third-order valence-corrected chi connectivity index (χ3v) is 5.75. The van der Waals surface area contributed by atoms with Crippen molar-refractivity contribution < 1.29 is 4.74 Å². The van der Waals surface area contributed by atoms with Crippen molar-refractivity contribution in [3.8, 4) is 5.75 Å². The summed E-state index contributed by atoms with van der Waals surface area (Å²) in [6, 6.07) is 14.2. The molecule has 1 aliphatic heterocycles. The van der Waals surface area contributed by atoms with Crippen LogP contribution in [0.4, 0.5) is 5.82 Å². The molecule has 142 valence electrons. The minimum Gasteiger partial charge on any atom is -0.497 e. The van der Waals surface area contributed by atoms with E-state index in [0.717, 1.165) is 54.7 Å². The van der Waals surface area contributed by atoms with Crippen LogP contribution in [0.3, 0.4) is 0 Å². The molecule has 0 saturated heterocycles. The van der Waals surface area contributed by atoms with Gasteiger partial charge >= 0.3 is 0 Å². The Kier molecular flexibility index (Phi) is 3.93. The standard InChI is InChI=1S/C22H23N5O/c1-28-17-9-8-14-10-11-26(13-16(14)12-17)22-19-5-3-2-4-18(19)21(24)27(25-22)20(23)15-6-7-15/h2-5,8-9,12,15,23-24H,6-7,10-11,13H2,1H3. The molecular weight excluding hydrogens is 350 g/mol. The molecule has 1 aromatic heterocycles. The lowest BCUT2D eigenvalue weighted by Gasteiger charge is -2.31. The van der Waals surface area contributed by atoms with Crippen LogP contribution in [-0.2, 0) is 13.0 Å². The maximum Gasteiger partial charge on any atom is 0.157 e. The molecule has 1 saturated carbocycles. The maximum atomic E-state index is 8.60. The van der Waals surface area contributed by atoms with Crippen molar-refractivity contribution in [3.05, 3.63) is 59.1 Å². The van der Waals surface area contributed by atoms with E-state index in [-0.39, 0.29) is 5.92 Å². The van der Waals surface area contributed by atoms with Crippen molar-refractivity contribution in [3.63, 3.8) is 0 Å². The lowest BCUT2D eigenvalue weighted by molar-refractivity contribution is 0.413. The van der Waals surface area contributed by atoms with Gasteiger partial charge in [-0.1, -0.05) is 30.3 Å². The second-order valence-corrected chi connectivity index (χ2v) is 7.60. The van der Waals surface area contributed by atoms with Crippen LogP contribution in [0.25, 0.3) is 10.8 Å². The van der Waals surface area contributed by atoms with Crippen molar-refractivity contribution in [1.82, 2.24) is 9.78 Å². The molecule has 2 aromatic carbocycles. The molecule has 1 aliphatic carbocycles. The number of nitrogens with one attached hydrogen (secondary N) is 2. The van der Waals surface area contributed by atoms with Gasteiger partial charge in [0.05, 0.1) is 7.11 Å². The molecule has 6 heteroatoms. The van der Waals surface area contributed by atoms with Gasteiger partial charge in [0.15, 0.2) is 11.3 Å². The van der Waals surface area contributed by atoms with Crippen LogP contribution in [0.5, 0.6) is 5.75 Å². The molecule has 1 fully saturated rings. The first kappa shape index (κ1) is 17.0. The number of rotatable bonds is 3. The van der Waals surface area contributed by atoms with Crippen molar-refractivity contribution >= 4 is 22.4 Å². The van der Waals surface area contributed by atoms with Gasteiger partial charge in [-0.3, -0.25) is 10.8 Å². The number of anilines is 1. The monoisotopic (exact) mass is 373 g/mol. The number of nitrogens with zero attached hydrogens (tertiary/aromatic N) is 3. The van der Waals surface area contributed by atoms with Crippen LogP contribution in [0, 0.1) is 16.7 Å². The molecule has 0 radical (unpaired) electrons. The Bertz CT molecular complexity index is 1150. The summed E-state index contributed by atoms with van der Waals surface area (Å²) in [5.74, 6) is 2.40. The van der Waals surface area contributed by atoms with Gasteiger partial charge < -0.3 is 9.64 Å². The topological polar surface area (TPSA) is 78.0 Å². The Morgan fingerprint density at radius 2 is 1.89 bits per heavy atom. The highest BCUT2D eigenvalue weighted by molar-refractivity contribution is 5.94. The summed E-state index contributed by atoms with van der Waals surface area (Å²) in [7, 11) is 1.69. The molecule has 2 aliphatic rings. The number of fused-ring (bicyclic) bond motifs is 2. The van der Waals surface area contributed by atoms with Gasteiger partial charge in [0, 0.05) is 29.8 Å². The molecule has 6 nitrogen and oxygen atoms in total. The zero-order valence-corrected chi connectivity index (χ0v) is 15.9. The fourth-order valence-corrected chi connectivity index (χ4v) is 3.98. The van der Waals surface area contributed by atoms with Gasteiger partial charge in [0.1, 0.15) is 11.6 Å². The van der Waals surface area contributed by atoms with Crippen LogP contribution in [-0.4, -0.2) is 29.3 Å². The summed E-state index contributed by atoms with van der Waals surface area (Å²) < 4.78 is 6.94. The summed E-state index contributed by atoms with van der Waals surface area (Å²) in [5, 5.41) is 23.7. The first-order chi connectivity index (χ1) is 13.7. The van der Waals surface area contributed by atoms with E-state index in [0.29, 0.717) is 11.3 Å². The highest BCUT2D eigenvalue weighted by Gasteiger charge is 2.30. The van der Waals surface area contributed by atoms with Crippen molar-refractivity contribution in [1.29, 1.82) is 10.8 Å². The first-order valence-corrected chi connectivity index (χ1v) is 9.72.